The van der Waals surface area contributed by atoms with Crippen molar-refractivity contribution < 1.29 is 9.59 Å². The number of rotatable bonds is 5. The summed E-state index contributed by atoms with van der Waals surface area (Å²) in [5, 5.41) is 6.92. The summed E-state index contributed by atoms with van der Waals surface area (Å²) < 4.78 is 0. The molecule has 9 heteroatoms. The van der Waals surface area contributed by atoms with Crippen molar-refractivity contribution in [2.24, 2.45) is 0 Å². The van der Waals surface area contributed by atoms with Crippen LogP contribution in [0.3, 0.4) is 0 Å². The van der Waals surface area contributed by atoms with Crippen LogP contribution in [0.2, 0.25) is 10.0 Å². The Labute approximate surface area is 225 Å². The van der Waals surface area contributed by atoms with Crippen molar-refractivity contribution in [3.63, 3.8) is 0 Å². The molecular formula is C27H24Cl2N4O2S. The first-order chi connectivity index (χ1) is 17.4. The minimum absolute atomic E-state index is 0.0403. The lowest BCUT2D eigenvalue weighted by atomic mass is 10.1. The Morgan fingerprint density at radius 2 is 1.58 bits per heavy atom. The standard InChI is InChI=1S/C27H24Cl2N4O2S/c28-21-12-10-19(22(29)18-21)11-13-25(34)31-27(36)30-23-8-4-5-9-24(23)32-14-16-33(17-15-32)26(35)20-6-2-1-3-7-20/h1-13,18H,14-17H2,(H2,30,31,34,36)/b13-11+. The van der Waals surface area contributed by atoms with Crippen molar-refractivity contribution in [1.82, 2.24) is 10.2 Å². The molecule has 0 aliphatic carbocycles. The smallest absolute Gasteiger partial charge is 0.253 e. The van der Waals surface area contributed by atoms with Gasteiger partial charge in [0.15, 0.2) is 5.11 Å². The average molecular weight is 539 g/mol. The predicted octanol–water partition coefficient (Wildman–Crippen LogP) is 5.48. The number of nitrogens with one attached hydrogen (secondary N) is 2. The highest BCUT2D eigenvalue weighted by Crippen LogP contribution is 2.27. The summed E-state index contributed by atoms with van der Waals surface area (Å²) in [5.41, 5.74) is 3.09. The van der Waals surface area contributed by atoms with E-state index in [9.17, 15) is 9.59 Å². The van der Waals surface area contributed by atoms with Gasteiger partial charge in [-0.05, 0) is 60.3 Å². The zero-order valence-corrected chi connectivity index (χ0v) is 21.6. The van der Waals surface area contributed by atoms with E-state index in [1.54, 1.807) is 24.3 Å². The first-order valence-corrected chi connectivity index (χ1v) is 12.5. The fraction of sp³-hybridized carbons (Fsp3) is 0.148. The van der Waals surface area contributed by atoms with Crippen molar-refractivity contribution in [3.8, 4) is 0 Å². The van der Waals surface area contributed by atoms with E-state index >= 15 is 0 Å². The van der Waals surface area contributed by atoms with Gasteiger partial charge in [-0.3, -0.25) is 14.9 Å². The quantitative estimate of drug-likeness (QED) is 0.332. The fourth-order valence-corrected chi connectivity index (χ4v) is 4.56. The molecule has 36 heavy (non-hydrogen) atoms. The lowest BCUT2D eigenvalue weighted by Gasteiger charge is -2.37. The van der Waals surface area contributed by atoms with Crippen LogP contribution in [0.1, 0.15) is 15.9 Å². The second-order valence-corrected chi connectivity index (χ2v) is 9.36. The van der Waals surface area contributed by atoms with Gasteiger partial charge in [0, 0.05) is 47.9 Å². The minimum Gasteiger partial charge on any atom is -0.366 e. The van der Waals surface area contributed by atoms with E-state index in [2.05, 4.69) is 15.5 Å². The zero-order chi connectivity index (χ0) is 25.5. The second kappa shape index (κ2) is 12.0. The number of hydrogen-bond acceptors (Lipinski definition) is 4. The first kappa shape index (κ1) is 25.7. The zero-order valence-electron chi connectivity index (χ0n) is 19.3. The lowest BCUT2D eigenvalue weighted by Crippen LogP contribution is -2.49. The van der Waals surface area contributed by atoms with Gasteiger partial charge in [-0.1, -0.05) is 59.6 Å². The SMILES string of the molecule is O=C(/C=C/c1ccc(Cl)cc1Cl)NC(=S)Nc1ccccc1N1CCN(C(=O)c2ccccc2)CC1. The van der Waals surface area contributed by atoms with Crippen LogP contribution < -0.4 is 15.5 Å². The molecule has 2 amide bonds. The van der Waals surface area contributed by atoms with E-state index < -0.39 is 0 Å². The topological polar surface area (TPSA) is 64.7 Å². The van der Waals surface area contributed by atoms with E-state index in [4.69, 9.17) is 35.4 Å². The van der Waals surface area contributed by atoms with Crippen molar-refractivity contribution in [3.05, 3.63) is 100 Å². The maximum absolute atomic E-state index is 12.8. The monoisotopic (exact) mass is 538 g/mol. The number of benzene rings is 3. The highest BCUT2D eigenvalue weighted by atomic mass is 35.5. The summed E-state index contributed by atoms with van der Waals surface area (Å²) in [6.07, 6.45) is 2.96. The Morgan fingerprint density at radius 3 is 2.31 bits per heavy atom. The minimum atomic E-state index is -0.385. The van der Waals surface area contributed by atoms with E-state index in [0.29, 0.717) is 47.4 Å². The molecule has 0 spiro atoms. The molecule has 1 saturated heterocycles. The number of nitrogens with zero attached hydrogens (tertiary/aromatic N) is 2. The molecule has 0 unspecified atom stereocenters. The number of amides is 2. The average Bonchev–Trinajstić information content (AvgIpc) is 2.88. The third kappa shape index (κ3) is 6.63. The maximum Gasteiger partial charge on any atom is 0.253 e. The largest absolute Gasteiger partial charge is 0.366 e. The van der Waals surface area contributed by atoms with E-state index in [1.807, 2.05) is 59.5 Å². The van der Waals surface area contributed by atoms with Crippen LogP contribution in [-0.4, -0.2) is 48.0 Å². The van der Waals surface area contributed by atoms with E-state index in [0.717, 1.165) is 11.4 Å². The molecule has 2 N–H and O–H groups in total. The van der Waals surface area contributed by atoms with Gasteiger partial charge in [0.1, 0.15) is 0 Å². The highest BCUT2D eigenvalue weighted by molar-refractivity contribution is 7.80. The Morgan fingerprint density at radius 1 is 0.889 bits per heavy atom. The van der Waals surface area contributed by atoms with Crippen LogP contribution in [-0.2, 0) is 4.79 Å². The molecule has 6 nitrogen and oxygen atoms in total. The molecular weight excluding hydrogens is 515 g/mol. The van der Waals surface area contributed by atoms with Gasteiger partial charge in [0.2, 0.25) is 5.91 Å². The van der Waals surface area contributed by atoms with Crippen LogP contribution in [0.5, 0.6) is 0 Å². The normalized spacial score (nSPS) is 13.5. The molecule has 1 aliphatic rings. The van der Waals surface area contributed by atoms with E-state index in [1.165, 1.54) is 6.08 Å². The van der Waals surface area contributed by atoms with Gasteiger partial charge in [-0.25, -0.2) is 0 Å². The lowest BCUT2D eigenvalue weighted by molar-refractivity contribution is -0.115. The van der Waals surface area contributed by atoms with Gasteiger partial charge >= 0.3 is 0 Å². The van der Waals surface area contributed by atoms with Gasteiger partial charge in [-0.2, -0.15) is 0 Å². The number of carbonyl (C=O) groups excluding carboxylic acids is 2. The molecule has 0 saturated carbocycles. The van der Waals surface area contributed by atoms with Crippen LogP contribution >= 0.6 is 35.4 Å². The number of halogens is 2. The predicted molar refractivity (Wildman–Crippen MR) is 151 cm³/mol. The molecule has 0 radical (unpaired) electrons. The number of para-hydroxylation sites is 2. The Kier molecular flexibility index (Phi) is 8.59. The van der Waals surface area contributed by atoms with Crippen LogP contribution in [0.15, 0.2) is 78.9 Å². The van der Waals surface area contributed by atoms with Gasteiger partial charge in [0.25, 0.3) is 5.91 Å². The van der Waals surface area contributed by atoms with Crippen LogP contribution in [0.4, 0.5) is 11.4 Å². The summed E-state index contributed by atoms with van der Waals surface area (Å²) >= 11 is 17.4. The second-order valence-electron chi connectivity index (χ2n) is 8.10. The molecule has 4 rings (SSSR count). The first-order valence-electron chi connectivity index (χ1n) is 11.3. The summed E-state index contributed by atoms with van der Waals surface area (Å²) in [6, 6.07) is 22.1. The third-order valence-electron chi connectivity index (χ3n) is 5.69. The van der Waals surface area contributed by atoms with Crippen molar-refractivity contribution in [1.29, 1.82) is 0 Å². The molecule has 184 valence electrons. The van der Waals surface area contributed by atoms with Crippen molar-refractivity contribution in [2.45, 2.75) is 0 Å². The Hall–Kier alpha value is -3.39. The Balaban J connectivity index is 1.34. The van der Waals surface area contributed by atoms with E-state index in [-0.39, 0.29) is 16.9 Å². The number of thiocarbonyl (C=S) groups is 1. The molecule has 1 aliphatic heterocycles. The summed E-state index contributed by atoms with van der Waals surface area (Å²) in [7, 11) is 0. The number of piperazine rings is 1. The van der Waals surface area contributed by atoms with Crippen LogP contribution in [0, 0.1) is 0 Å². The molecule has 0 atom stereocenters. The molecule has 0 aromatic heterocycles. The Bertz CT molecular complexity index is 1290. The van der Waals surface area contributed by atoms with Gasteiger partial charge in [-0.15, -0.1) is 0 Å². The number of carbonyl (C=O) groups is 2. The summed E-state index contributed by atoms with van der Waals surface area (Å²) in [4.78, 5) is 29.2. The third-order valence-corrected chi connectivity index (χ3v) is 6.46. The molecule has 1 heterocycles. The highest BCUT2D eigenvalue weighted by Gasteiger charge is 2.23. The number of hydrogen-bond donors (Lipinski definition) is 2. The maximum atomic E-state index is 12.8. The van der Waals surface area contributed by atoms with Gasteiger partial charge < -0.3 is 15.1 Å². The molecule has 3 aromatic carbocycles. The van der Waals surface area contributed by atoms with Crippen molar-refractivity contribution >= 4 is 69.8 Å². The van der Waals surface area contributed by atoms with Gasteiger partial charge in [0.05, 0.1) is 11.4 Å². The molecule has 3 aromatic rings. The summed E-state index contributed by atoms with van der Waals surface area (Å²) in [6.45, 7) is 2.59. The molecule has 1 fully saturated rings. The van der Waals surface area contributed by atoms with Crippen molar-refractivity contribution in [2.75, 3.05) is 36.4 Å². The molecule has 0 bridgehead atoms. The fourth-order valence-electron chi connectivity index (χ4n) is 3.88. The summed E-state index contributed by atoms with van der Waals surface area (Å²) in [5.74, 6) is -0.345. The number of anilines is 2. The van der Waals surface area contributed by atoms with Crippen LogP contribution in [0.25, 0.3) is 6.08 Å².